The summed E-state index contributed by atoms with van der Waals surface area (Å²) in [4.78, 5) is 20.1. The highest BCUT2D eigenvalue weighted by Gasteiger charge is 2.19. The van der Waals surface area contributed by atoms with Crippen molar-refractivity contribution in [3.05, 3.63) is 60.0 Å². The quantitative estimate of drug-likeness (QED) is 0.564. The van der Waals surface area contributed by atoms with Crippen molar-refractivity contribution in [3.63, 3.8) is 0 Å². The SMILES string of the molecule is CN(C)Cc1c(C(=O)Nc2ccc(SC#N)cc2)nc2ccccn12. The smallest absolute Gasteiger partial charge is 0.276 e. The molecule has 0 aliphatic rings. The van der Waals surface area contributed by atoms with Crippen LogP contribution in [0.15, 0.2) is 53.6 Å². The molecule has 126 valence electrons. The first kappa shape index (κ1) is 17.0. The van der Waals surface area contributed by atoms with Crippen LogP contribution in [0.25, 0.3) is 5.65 Å². The maximum Gasteiger partial charge on any atom is 0.276 e. The zero-order chi connectivity index (χ0) is 17.8. The van der Waals surface area contributed by atoms with Crippen molar-refractivity contribution >= 4 is 29.0 Å². The van der Waals surface area contributed by atoms with E-state index in [1.54, 1.807) is 24.3 Å². The van der Waals surface area contributed by atoms with Gasteiger partial charge in [0.15, 0.2) is 5.69 Å². The summed E-state index contributed by atoms with van der Waals surface area (Å²) < 4.78 is 1.93. The molecule has 3 aromatic rings. The fourth-order valence-electron chi connectivity index (χ4n) is 2.53. The molecule has 0 radical (unpaired) electrons. The van der Waals surface area contributed by atoms with E-state index in [-0.39, 0.29) is 5.91 Å². The van der Waals surface area contributed by atoms with Crippen molar-refractivity contribution in [1.29, 1.82) is 5.26 Å². The lowest BCUT2D eigenvalue weighted by Crippen LogP contribution is -2.19. The molecule has 0 unspecified atom stereocenters. The molecule has 1 aromatic carbocycles. The van der Waals surface area contributed by atoms with Crippen molar-refractivity contribution in [2.24, 2.45) is 0 Å². The Morgan fingerprint density at radius 2 is 2.04 bits per heavy atom. The Morgan fingerprint density at radius 3 is 2.72 bits per heavy atom. The number of nitrogens with one attached hydrogen (secondary N) is 1. The number of pyridine rings is 1. The Labute approximate surface area is 150 Å². The number of fused-ring (bicyclic) bond motifs is 1. The highest BCUT2D eigenvalue weighted by Crippen LogP contribution is 2.20. The van der Waals surface area contributed by atoms with Gasteiger partial charge in [-0.2, -0.15) is 5.26 Å². The molecule has 0 atom stereocenters. The lowest BCUT2D eigenvalue weighted by molar-refractivity contribution is 0.102. The number of imidazole rings is 1. The number of nitriles is 1. The Hall–Kier alpha value is -2.82. The predicted molar refractivity (Wildman–Crippen MR) is 98.4 cm³/mol. The summed E-state index contributed by atoms with van der Waals surface area (Å²) in [6, 6.07) is 12.8. The minimum Gasteiger partial charge on any atom is -0.321 e. The Morgan fingerprint density at radius 1 is 1.28 bits per heavy atom. The van der Waals surface area contributed by atoms with Crippen LogP contribution >= 0.6 is 11.8 Å². The summed E-state index contributed by atoms with van der Waals surface area (Å²) in [5.41, 5.74) is 2.66. The molecule has 1 amide bonds. The number of hydrogen-bond donors (Lipinski definition) is 1. The molecular formula is C18H17N5OS. The number of aromatic nitrogens is 2. The number of carbonyl (C=O) groups excluding carboxylic acids is 1. The lowest BCUT2D eigenvalue weighted by Gasteiger charge is -2.11. The van der Waals surface area contributed by atoms with Crippen LogP contribution in [-0.4, -0.2) is 34.3 Å². The van der Waals surface area contributed by atoms with Crippen LogP contribution < -0.4 is 5.32 Å². The largest absolute Gasteiger partial charge is 0.321 e. The van der Waals surface area contributed by atoms with E-state index in [0.717, 1.165) is 28.0 Å². The zero-order valence-electron chi connectivity index (χ0n) is 13.9. The first-order chi connectivity index (χ1) is 12.1. The minimum atomic E-state index is -0.249. The molecule has 0 aliphatic carbocycles. The van der Waals surface area contributed by atoms with Crippen molar-refractivity contribution in [2.75, 3.05) is 19.4 Å². The molecule has 1 N–H and O–H groups in total. The number of benzene rings is 1. The molecule has 0 fully saturated rings. The number of carbonyl (C=O) groups is 1. The van der Waals surface area contributed by atoms with Crippen LogP contribution in [0, 0.1) is 10.7 Å². The average molecular weight is 351 g/mol. The minimum absolute atomic E-state index is 0.249. The third kappa shape index (κ3) is 3.82. The maximum absolute atomic E-state index is 12.7. The molecule has 6 nitrogen and oxygen atoms in total. The molecule has 0 saturated carbocycles. The van der Waals surface area contributed by atoms with E-state index in [1.807, 2.05) is 53.2 Å². The number of rotatable bonds is 5. The zero-order valence-corrected chi connectivity index (χ0v) is 14.7. The van der Waals surface area contributed by atoms with E-state index in [4.69, 9.17) is 5.26 Å². The molecule has 0 aliphatic heterocycles. The number of thiocyanates is 1. The lowest BCUT2D eigenvalue weighted by atomic mass is 10.2. The molecule has 25 heavy (non-hydrogen) atoms. The van der Waals surface area contributed by atoms with Crippen LogP contribution in [0.2, 0.25) is 0 Å². The fraction of sp³-hybridized carbons (Fsp3) is 0.167. The van der Waals surface area contributed by atoms with Crippen LogP contribution in [0.1, 0.15) is 16.2 Å². The van der Waals surface area contributed by atoms with E-state index < -0.39 is 0 Å². The number of hydrogen-bond acceptors (Lipinski definition) is 5. The summed E-state index contributed by atoms with van der Waals surface area (Å²) in [6.07, 6.45) is 1.91. The van der Waals surface area contributed by atoms with Crippen LogP contribution in [0.3, 0.4) is 0 Å². The fourth-order valence-corrected chi connectivity index (χ4v) is 2.91. The standard InChI is InChI=1S/C18H17N5OS/c1-22(2)11-15-17(21-16-5-3-4-10-23(15)16)18(24)20-13-6-8-14(9-7-13)25-12-19/h3-10H,11H2,1-2H3,(H,20,24). The van der Waals surface area contributed by atoms with E-state index >= 15 is 0 Å². The third-order valence-corrected chi connectivity index (χ3v) is 4.18. The second kappa shape index (κ2) is 7.38. The number of thioether (sulfide) groups is 1. The molecule has 2 aromatic heterocycles. The first-order valence-corrected chi connectivity index (χ1v) is 8.48. The number of amides is 1. The van der Waals surface area contributed by atoms with Crippen LogP contribution in [0.4, 0.5) is 5.69 Å². The van der Waals surface area contributed by atoms with Crippen molar-refractivity contribution in [3.8, 4) is 5.40 Å². The molecule has 0 bridgehead atoms. The van der Waals surface area contributed by atoms with E-state index in [2.05, 4.69) is 10.3 Å². The second-order valence-electron chi connectivity index (χ2n) is 5.75. The number of nitrogens with zero attached hydrogens (tertiary/aromatic N) is 4. The van der Waals surface area contributed by atoms with E-state index in [0.29, 0.717) is 17.9 Å². The Kier molecular flexibility index (Phi) is 5.03. The Balaban J connectivity index is 1.90. The van der Waals surface area contributed by atoms with Gasteiger partial charge in [0.2, 0.25) is 0 Å². The molecular weight excluding hydrogens is 334 g/mol. The molecule has 7 heteroatoms. The normalized spacial score (nSPS) is 10.8. The van der Waals surface area contributed by atoms with Crippen LogP contribution in [0.5, 0.6) is 0 Å². The molecule has 3 rings (SSSR count). The van der Waals surface area contributed by atoms with Crippen molar-refractivity contribution in [1.82, 2.24) is 14.3 Å². The van der Waals surface area contributed by atoms with Gasteiger partial charge in [-0.05, 0) is 62.3 Å². The van der Waals surface area contributed by atoms with Gasteiger partial charge < -0.3 is 14.6 Å². The van der Waals surface area contributed by atoms with Gasteiger partial charge in [-0.15, -0.1) is 0 Å². The van der Waals surface area contributed by atoms with Gasteiger partial charge in [0.1, 0.15) is 11.0 Å². The van der Waals surface area contributed by atoms with Gasteiger partial charge in [0.05, 0.1) is 5.69 Å². The number of anilines is 1. The average Bonchev–Trinajstić information content (AvgIpc) is 2.95. The van der Waals surface area contributed by atoms with Gasteiger partial charge in [0, 0.05) is 23.3 Å². The molecule has 0 saturated heterocycles. The van der Waals surface area contributed by atoms with Gasteiger partial charge in [0.25, 0.3) is 5.91 Å². The third-order valence-electron chi connectivity index (χ3n) is 3.59. The summed E-state index contributed by atoms with van der Waals surface area (Å²) in [7, 11) is 3.91. The summed E-state index contributed by atoms with van der Waals surface area (Å²) in [6.45, 7) is 0.603. The van der Waals surface area contributed by atoms with Gasteiger partial charge in [-0.3, -0.25) is 4.79 Å². The summed E-state index contributed by atoms with van der Waals surface area (Å²) in [5.74, 6) is -0.249. The topological polar surface area (TPSA) is 73.4 Å². The monoisotopic (exact) mass is 351 g/mol. The molecule has 2 heterocycles. The summed E-state index contributed by atoms with van der Waals surface area (Å²) >= 11 is 1.08. The van der Waals surface area contributed by atoms with Crippen molar-refractivity contribution in [2.45, 2.75) is 11.4 Å². The van der Waals surface area contributed by atoms with Crippen LogP contribution in [-0.2, 0) is 6.54 Å². The predicted octanol–water partition coefficient (Wildman–Crippen LogP) is 3.22. The maximum atomic E-state index is 12.7. The van der Waals surface area contributed by atoms with Gasteiger partial charge in [-0.25, -0.2) is 4.98 Å². The van der Waals surface area contributed by atoms with E-state index in [9.17, 15) is 4.79 Å². The molecule has 0 spiro atoms. The van der Waals surface area contributed by atoms with E-state index in [1.165, 1.54) is 0 Å². The highest BCUT2D eigenvalue weighted by atomic mass is 32.2. The highest BCUT2D eigenvalue weighted by molar-refractivity contribution is 8.03. The second-order valence-corrected chi connectivity index (χ2v) is 6.60. The van der Waals surface area contributed by atoms with Gasteiger partial charge >= 0.3 is 0 Å². The Bertz CT molecular complexity index is 940. The van der Waals surface area contributed by atoms with Gasteiger partial charge in [-0.1, -0.05) is 6.07 Å². The summed E-state index contributed by atoms with van der Waals surface area (Å²) in [5, 5.41) is 13.6. The van der Waals surface area contributed by atoms with Crippen molar-refractivity contribution < 1.29 is 4.79 Å². The first-order valence-electron chi connectivity index (χ1n) is 7.66.